The summed E-state index contributed by atoms with van der Waals surface area (Å²) in [5.74, 6) is 3.39. The van der Waals surface area contributed by atoms with Crippen molar-refractivity contribution in [3.63, 3.8) is 0 Å². The van der Waals surface area contributed by atoms with Crippen molar-refractivity contribution in [1.82, 2.24) is 25.0 Å². The highest BCUT2D eigenvalue weighted by Crippen LogP contribution is 2.18. The maximum atomic E-state index is 5.44. The van der Waals surface area contributed by atoms with E-state index < -0.39 is 0 Å². The zero-order valence-electron chi connectivity index (χ0n) is 16.0. The van der Waals surface area contributed by atoms with Crippen molar-refractivity contribution in [1.29, 1.82) is 0 Å². The molecule has 1 aliphatic rings. The molecule has 8 nitrogen and oxygen atoms in total. The van der Waals surface area contributed by atoms with E-state index in [2.05, 4.69) is 27.5 Å². The molecule has 0 atom stereocenters. The molecule has 0 saturated carbocycles. The zero-order chi connectivity index (χ0) is 18.1. The fourth-order valence-electron chi connectivity index (χ4n) is 2.83. The highest BCUT2D eigenvalue weighted by molar-refractivity contribution is 5.79. The van der Waals surface area contributed by atoms with Crippen molar-refractivity contribution in [2.75, 3.05) is 47.1 Å². The van der Waals surface area contributed by atoms with E-state index in [0.29, 0.717) is 13.2 Å². The maximum absolute atomic E-state index is 5.44. The van der Waals surface area contributed by atoms with Gasteiger partial charge in [0.15, 0.2) is 11.8 Å². The van der Waals surface area contributed by atoms with Gasteiger partial charge in [0.1, 0.15) is 12.4 Å². The number of guanidine groups is 1. The molecule has 1 fully saturated rings. The van der Waals surface area contributed by atoms with Gasteiger partial charge >= 0.3 is 0 Å². The summed E-state index contributed by atoms with van der Waals surface area (Å²) in [6.45, 7) is 6.60. The minimum Gasteiger partial charge on any atom is -0.383 e. The minimum atomic E-state index is 0.508. The average Bonchev–Trinajstić information content (AvgIpc) is 2.95. The number of ether oxygens (including phenoxy) is 2. The lowest BCUT2D eigenvalue weighted by atomic mass is 9.96. The van der Waals surface area contributed by atoms with Gasteiger partial charge in [-0.1, -0.05) is 0 Å². The van der Waals surface area contributed by atoms with Crippen LogP contribution in [0.2, 0.25) is 0 Å². The first kappa shape index (κ1) is 19.7. The second-order valence-corrected chi connectivity index (χ2v) is 6.55. The molecule has 0 aliphatic carbocycles. The lowest BCUT2D eigenvalue weighted by molar-refractivity contribution is 0.0625. The smallest absolute Gasteiger partial charge is 0.194 e. The predicted molar refractivity (Wildman–Crippen MR) is 97.5 cm³/mol. The number of hydrogen-bond donors (Lipinski definition) is 1. The van der Waals surface area contributed by atoms with Crippen molar-refractivity contribution in [3.05, 3.63) is 11.6 Å². The van der Waals surface area contributed by atoms with Crippen molar-refractivity contribution >= 4 is 5.96 Å². The van der Waals surface area contributed by atoms with Crippen LogP contribution in [-0.4, -0.2) is 72.7 Å². The first-order valence-corrected chi connectivity index (χ1v) is 9.02. The van der Waals surface area contributed by atoms with Gasteiger partial charge in [-0.05, 0) is 32.1 Å². The number of nitrogens with zero attached hydrogens (tertiary/aromatic N) is 5. The molecule has 0 radical (unpaired) electrons. The second kappa shape index (κ2) is 10.4. The molecule has 1 aromatic rings. The number of aromatic nitrogens is 3. The Morgan fingerprint density at radius 2 is 2.16 bits per heavy atom. The van der Waals surface area contributed by atoms with Crippen LogP contribution in [0.5, 0.6) is 0 Å². The third-order valence-electron chi connectivity index (χ3n) is 4.72. The molecule has 0 unspecified atom stereocenters. The molecule has 0 spiro atoms. The van der Waals surface area contributed by atoms with Crippen LogP contribution in [0.1, 0.15) is 30.9 Å². The van der Waals surface area contributed by atoms with Crippen LogP contribution in [0.4, 0.5) is 0 Å². The molecule has 1 aromatic heterocycles. The predicted octanol–water partition coefficient (Wildman–Crippen LogP) is 0.964. The van der Waals surface area contributed by atoms with E-state index in [4.69, 9.17) is 14.5 Å². The Balaban J connectivity index is 1.92. The highest BCUT2D eigenvalue weighted by Gasteiger charge is 2.15. The van der Waals surface area contributed by atoms with E-state index in [0.717, 1.165) is 69.1 Å². The van der Waals surface area contributed by atoms with Crippen molar-refractivity contribution in [3.8, 4) is 0 Å². The molecular weight excluding hydrogens is 320 g/mol. The van der Waals surface area contributed by atoms with Gasteiger partial charge in [0.25, 0.3) is 0 Å². The molecule has 2 rings (SSSR count). The summed E-state index contributed by atoms with van der Waals surface area (Å²) in [4.78, 5) is 6.92. The summed E-state index contributed by atoms with van der Waals surface area (Å²) in [7, 11) is 5.75. The first-order valence-electron chi connectivity index (χ1n) is 9.02. The van der Waals surface area contributed by atoms with Crippen LogP contribution in [0.25, 0.3) is 0 Å². The van der Waals surface area contributed by atoms with Gasteiger partial charge in [-0.3, -0.25) is 0 Å². The molecule has 25 heavy (non-hydrogen) atoms. The fourth-order valence-corrected chi connectivity index (χ4v) is 2.83. The molecule has 8 heteroatoms. The van der Waals surface area contributed by atoms with E-state index in [-0.39, 0.29) is 0 Å². The lowest BCUT2D eigenvalue weighted by Crippen LogP contribution is -2.41. The normalized spacial score (nSPS) is 16.2. The van der Waals surface area contributed by atoms with E-state index in [1.807, 2.05) is 18.5 Å². The molecule has 142 valence electrons. The second-order valence-electron chi connectivity index (χ2n) is 6.55. The molecule has 1 saturated heterocycles. The molecule has 0 amide bonds. The van der Waals surface area contributed by atoms with Crippen LogP contribution in [0.15, 0.2) is 4.99 Å². The summed E-state index contributed by atoms with van der Waals surface area (Å²) in [6, 6.07) is 0. The molecule has 2 heterocycles. The Kier molecular flexibility index (Phi) is 8.14. The Labute approximate surface area is 150 Å². The summed E-state index contributed by atoms with van der Waals surface area (Å²) < 4.78 is 12.5. The zero-order valence-corrected chi connectivity index (χ0v) is 16.0. The fraction of sp³-hybridized carbons (Fsp3) is 0.824. The molecule has 0 bridgehead atoms. The Morgan fingerprint density at radius 1 is 1.40 bits per heavy atom. The maximum Gasteiger partial charge on any atom is 0.194 e. The van der Waals surface area contributed by atoms with Crippen molar-refractivity contribution in [2.24, 2.45) is 18.0 Å². The van der Waals surface area contributed by atoms with E-state index in [1.54, 1.807) is 7.11 Å². The van der Waals surface area contributed by atoms with Gasteiger partial charge in [0.2, 0.25) is 0 Å². The average molecular weight is 352 g/mol. The lowest BCUT2D eigenvalue weighted by Gasteiger charge is -2.27. The summed E-state index contributed by atoms with van der Waals surface area (Å²) in [5.41, 5.74) is 0. The number of aryl methyl sites for hydroxylation is 1. The quantitative estimate of drug-likeness (QED) is 0.427. The Hall–Kier alpha value is -1.67. The van der Waals surface area contributed by atoms with Gasteiger partial charge < -0.3 is 24.3 Å². The summed E-state index contributed by atoms with van der Waals surface area (Å²) in [5, 5.41) is 11.6. The van der Waals surface area contributed by atoms with Gasteiger partial charge in [-0.15, -0.1) is 10.2 Å². The first-order chi connectivity index (χ1) is 12.1. The van der Waals surface area contributed by atoms with Gasteiger partial charge in [-0.2, -0.15) is 0 Å². The van der Waals surface area contributed by atoms with Gasteiger partial charge in [0, 0.05) is 47.5 Å². The number of methoxy groups -OCH3 is 1. The summed E-state index contributed by atoms with van der Waals surface area (Å²) in [6.07, 6.45) is 3.49. The Morgan fingerprint density at radius 3 is 2.80 bits per heavy atom. The largest absolute Gasteiger partial charge is 0.383 e. The standard InChI is InChI=1S/C17H32N6O2/c1-14-20-21-16(23(14)3)13-19-17(18-8-12-24-4)22(2)9-5-15-6-10-25-11-7-15/h15H,5-13H2,1-4H3,(H,18,19). The number of rotatable bonds is 8. The van der Waals surface area contributed by atoms with Crippen LogP contribution >= 0.6 is 0 Å². The molecule has 1 aliphatic heterocycles. The topological polar surface area (TPSA) is 76.8 Å². The van der Waals surface area contributed by atoms with Crippen LogP contribution in [-0.2, 0) is 23.1 Å². The van der Waals surface area contributed by atoms with E-state index >= 15 is 0 Å². The van der Waals surface area contributed by atoms with E-state index in [1.165, 1.54) is 0 Å². The number of aliphatic imine (C=N–C) groups is 1. The minimum absolute atomic E-state index is 0.508. The highest BCUT2D eigenvalue weighted by atomic mass is 16.5. The number of nitrogens with one attached hydrogen (secondary N) is 1. The third kappa shape index (κ3) is 6.28. The van der Waals surface area contributed by atoms with Crippen LogP contribution in [0.3, 0.4) is 0 Å². The Bertz CT molecular complexity index is 539. The SMILES string of the molecule is COCCNC(=NCc1nnc(C)n1C)N(C)CCC1CCOCC1. The van der Waals surface area contributed by atoms with E-state index in [9.17, 15) is 0 Å². The van der Waals surface area contributed by atoms with Gasteiger partial charge in [-0.25, -0.2) is 4.99 Å². The van der Waals surface area contributed by atoms with Crippen LogP contribution < -0.4 is 5.32 Å². The molecule has 0 aromatic carbocycles. The molecular formula is C17H32N6O2. The third-order valence-corrected chi connectivity index (χ3v) is 4.72. The molecule has 1 N–H and O–H groups in total. The number of hydrogen-bond acceptors (Lipinski definition) is 5. The van der Waals surface area contributed by atoms with Crippen molar-refractivity contribution in [2.45, 2.75) is 32.7 Å². The monoisotopic (exact) mass is 352 g/mol. The van der Waals surface area contributed by atoms with Gasteiger partial charge in [0.05, 0.1) is 6.61 Å². The van der Waals surface area contributed by atoms with Crippen molar-refractivity contribution < 1.29 is 9.47 Å². The van der Waals surface area contributed by atoms with Crippen LogP contribution in [0, 0.1) is 12.8 Å². The summed E-state index contributed by atoms with van der Waals surface area (Å²) >= 11 is 0.